The lowest BCUT2D eigenvalue weighted by Gasteiger charge is -2.32. The van der Waals surface area contributed by atoms with Crippen molar-refractivity contribution in [3.63, 3.8) is 0 Å². The molecule has 1 aliphatic carbocycles. The van der Waals surface area contributed by atoms with Gasteiger partial charge >= 0.3 is 0 Å². The molecule has 0 radical (unpaired) electrons. The van der Waals surface area contributed by atoms with Crippen LogP contribution in [0.25, 0.3) is 0 Å². The van der Waals surface area contributed by atoms with Crippen molar-refractivity contribution in [2.75, 3.05) is 19.0 Å². The molecule has 1 aliphatic rings. The van der Waals surface area contributed by atoms with Crippen molar-refractivity contribution in [2.24, 2.45) is 5.73 Å². The number of carbonyl (C=O) groups excluding carboxylic acids is 1. The Bertz CT molecular complexity index is 438. The van der Waals surface area contributed by atoms with Crippen LogP contribution in [0.2, 0.25) is 0 Å². The Morgan fingerprint density at radius 3 is 2.95 bits per heavy atom. The van der Waals surface area contributed by atoms with E-state index in [4.69, 9.17) is 10.5 Å². The van der Waals surface area contributed by atoms with Crippen LogP contribution in [-0.2, 0) is 16.1 Å². The van der Waals surface area contributed by atoms with Gasteiger partial charge in [0.2, 0.25) is 5.91 Å². The Hall–Kier alpha value is -1.40. The highest BCUT2D eigenvalue weighted by Crippen LogP contribution is 2.28. The van der Waals surface area contributed by atoms with Gasteiger partial charge < -0.3 is 15.8 Å². The molecular weight excluding hydrogens is 256 g/mol. The summed E-state index contributed by atoms with van der Waals surface area (Å²) in [4.78, 5) is 12.1. The third-order valence-electron chi connectivity index (χ3n) is 3.80. The number of nitrogens with zero attached hydrogens (tertiary/aromatic N) is 2. The van der Waals surface area contributed by atoms with E-state index in [1.807, 2.05) is 0 Å². The molecule has 1 fully saturated rings. The fourth-order valence-corrected chi connectivity index (χ4v) is 2.69. The molecule has 1 amide bonds. The third kappa shape index (κ3) is 4.31. The smallest absolute Gasteiger partial charge is 0.226 e. The average Bonchev–Trinajstić information content (AvgIpc) is 2.84. The monoisotopic (exact) mass is 280 g/mol. The topological polar surface area (TPSA) is 82.2 Å². The molecule has 1 saturated carbocycles. The number of methoxy groups -OCH3 is 1. The van der Waals surface area contributed by atoms with E-state index < -0.39 is 0 Å². The van der Waals surface area contributed by atoms with Crippen molar-refractivity contribution in [3.8, 4) is 0 Å². The van der Waals surface area contributed by atoms with E-state index in [0.717, 1.165) is 25.7 Å². The lowest BCUT2D eigenvalue weighted by atomic mass is 9.80. The summed E-state index contributed by atoms with van der Waals surface area (Å²) in [5, 5.41) is 7.03. The number of anilines is 1. The lowest BCUT2D eigenvalue weighted by molar-refractivity contribution is -0.117. The number of hydrogen-bond acceptors (Lipinski definition) is 4. The van der Waals surface area contributed by atoms with Crippen molar-refractivity contribution < 1.29 is 9.53 Å². The predicted molar refractivity (Wildman–Crippen MR) is 77.4 cm³/mol. The maximum absolute atomic E-state index is 12.1. The van der Waals surface area contributed by atoms with Gasteiger partial charge in [-0.1, -0.05) is 19.3 Å². The summed E-state index contributed by atoms with van der Waals surface area (Å²) in [6, 6.07) is 0. The van der Waals surface area contributed by atoms with Crippen LogP contribution in [0.1, 0.15) is 38.5 Å². The molecule has 112 valence electrons. The Morgan fingerprint density at radius 2 is 2.25 bits per heavy atom. The summed E-state index contributed by atoms with van der Waals surface area (Å²) in [6.07, 6.45) is 9.19. The first-order chi connectivity index (χ1) is 9.61. The van der Waals surface area contributed by atoms with Gasteiger partial charge in [0, 0.05) is 25.3 Å². The number of carbonyl (C=O) groups is 1. The second kappa shape index (κ2) is 6.85. The van der Waals surface area contributed by atoms with Crippen molar-refractivity contribution >= 4 is 11.6 Å². The lowest BCUT2D eigenvalue weighted by Crippen LogP contribution is -2.44. The highest BCUT2D eigenvalue weighted by Gasteiger charge is 2.30. The zero-order chi connectivity index (χ0) is 14.4. The second-order valence-corrected chi connectivity index (χ2v) is 5.63. The van der Waals surface area contributed by atoms with Crippen molar-refractivity contribution in [3.05, 3.63) is 12.4 Å². The summed E-state index contributed by atoms with van der Waals surface area (Å²) < 4.78 is 6.73. The fourth-order valence-electron chi connectivity index (χ4n) is 2.69. The molecule has 0 unspecified atom stereocenters. The molecule has 3 N–H and O–H groups in total. The Balaban J connectivity index is 1.83. The minimum atomic E-state index is -0.325. The van der Waals surface area contributed by atoms with Crippen molar-refractivity contribution in [1.82, 2.24) is 9.78 Å². The first-order valence-electron chi connectivity index (χ1n) is 7.21. The number of aromatic nitrogens is 2. The van der Waals surface area contributed by atoms with Crippen molar-refractivity contribution in [2.45, 2.75) is 50.6 Å². The number of nitrogens with one attached hydrogen (secondary N) is 1. The average molecular weight is 280 g/mol. The molecule has 0 spiro atoms. The van der Waals surface area contributed by atoms with Crippen LogP contribution in [0.15, 0.2) is 12.4 Å². The second-order valence-electron chi connectivity index (χ2n) is 5.63. The van der Waals surface area contributed by atoms with Gasteiger partial charge in [0.15, 0.2) is 0 Å². The summed E-state index contributed by atoms with van der Waals surface area (Å²) >= 11 is 0. The molecule has 6 heteroatoms. The molecule has 0 atom stereocenters. The standard InChI is InChI=1S/C14H24N4O2/c1-20-8-7-18-11-12(10-16-18)17-13(19)9-14(15)5-3-2-4-6-14/h10-11H,2-9,15H2,1H3,(H,17,19). The predicted octanol–water partition coefficient (Wildman–Crippen LogP) is 1.52. The van der Waals surface area contributed by atoms with Crippen LogP contribution in [-0.4, -0.2) is 34.9 Å². The molecule has 0 bridgehead atoms. The largest absolute Gasteiger partial charge is 0.383 e. The van der Waals surface area contributed by atoms with E-state index in [1.54, 1.807) is 24.2 Å². The molecule has 1 heterocycles. The highest BCUT2D eigenvalue weighted by molar-refractivity contribution is 5.91. The fraction of sp³-hybridized carbons (Fsp3) is 0.714. The third-order valence-corrected chi connectivity index (χ3v) is 3.80. The van der Waals surface area contributed by atoms with Gasteiger partial charge in [0.1, 0.15) is 0 Å². The minimum Gasteiger partial charge on any atom is -0.383 e. The van der Waals surface area contributed by atoms with Gasteiger partial charge in [0.25, 0.3) is 0 Å². The van der Waals surface area contributed by atoms with E-state index in [-0.39, 0.29) is 11.4 Å². The molecule has 1 aromatic heterocycles. The summed E-state index contributed by atoms with van der Waals surface area (Å²) in [6.45, 7) is 1.27. The minimum absolute atomic E-state index is 0.0271. The Morgan fingerprint density at radius 1 is 1.50 bits per heavy atom. The van der Waals surface area contributed by atoms with E-state index in [0.29, 0.717) is 25.3 Å². The van der Waals surface area contributed by atoms with E-state index in [1.165, 1.54) is 6.42 Å². The van der Waals surface area contributed by atoms with E-state index in [9.17, 15) is 4.79 Å². The molecule has 0 aliphatic heterocycles. The summed E-state index contributed by atoms with van der Waals surface area (Å²) in [5.41, 5.74) is 6.67. The molecule has 0 aromatic carbocycles. The van der Waals surface area contributed by atoms with Gasteiger partial charge in [-0.05, 0) is 12.8 Å². The van der Waals surface area contributed by atoms with Gasteiger partial charge in [-0.2, -0.15) is 5.10 Å². The quantitative estimate of drug-likeness (QED) is 0.827. The van der Waals surface area contributed by atoms with Crippen LogP contribution < -0.4 is 11.1 Å². The van der Waals surface area contributed by atoms with E-state index >= 15 is 0 Å². The first kappa shape index (κ1) is 15.0. The summed E-state index contributed by atoms with van der Waals surface area (Å²) in [7, 11) is 1.65. The maximum atomic E-state index is 12.1. The zero-order valence-corrected chi connectivity index (χ0v) is 12.1. The SMILES string of the molecule is COCCn1cc(NC(=O)CC2(N)CCCCC2)cn1. The van der Waals surface area contributed by atoms with Crippen LogP contribution in [0.4, 0.5) is 5.69 Å². The number of rotatable bonds is 6. The van der Waals surface area contributed by atoms with Crippen molar-refractivity contribution in [1.29, 1.82) is 0 Å². The highest BCUT2D eigenvalue weighted by atomic mass is 16.5. The Kier molecular flexibility index (Phi) is 5.14. The zero-order valence-electron chi connectivity index (χ0n) is 12.1. The normalized spacial score (nSPS) is 17.9. The summed E-state index contributed by atoms with van der Waals surface area (Å²) in [5.74, 6) is -0.0271. The molecule has 2 rings (SSSR count). The number of amides is 1. The molecule has 20 heavy (non-hydrogen) atoms. The molecule has 0 saturated heterocycles. The number of hydrogen-bond donors (Lipinski definition) is 2. The molecular formula is C14H24N4O2. The Labute approximate surface area is 119 Å². The van der Waals surface area contributed by atoms with Crippen LogP contribution in [0, 0.1) is 0 Å². The first-order valence-corrected chi connectivity index (χ1v) is 7.21. The number of nitrogens with two attached hydrogens (primary N) is 1. The van der Waals surface area contributed by atoms with Gasteiger partial charge in [-0.15, -0.1) is 0 Å². The molecule has 6 nitrogen and oxygen atoms in total. The van der Waals surface area contributed by atoms with Crippen LogP contribution in [0.3, 0.4) is 0 Å². The van der Waals surface area contributed by atoms with Gasteiger partial charge in [-0.3, -0.25) is 9.48 Å². The van der Waals surface area contributed by atoms with Crippen LogP contribution >= 0.6 is 0 Å². The van der Waals surface area contributed by atoms with Gasteiger partial charge in [0.05, 0.1) is 25.0 Å². The van der Waals surface area contributed by atoms with Gasteiger partial charge in [-0.25, -0.2) is 0 Å². The van der Waals surface area contributed by atoms with E-state index in [2.05, 4.69) is 10.4 Å². The van der Waals surface area contributed by atoms with Crippen LogP contribution in [0.5, 0.6) is 0 Å². The maximum Gasteiger partial charge on any atom is 0.226 e. The number of ether oxygens (including phenoxy) is 1. The molecule has 1 aromatic rings.